The van der Waals surface area contributed by atoms with Crippen LogP contribution in [0.4, 0.5) is 0 Å². The molecule has 0 saturated carbocycles. The number of nitrogens with zero attached hydrogens (tertiary/aromatic N) is 1. The van der Waals surface area contributed by atoms with Crippen LogP contribution in [0.15, 0.2) is 30.5 Å². The first-order chi connectivity index (χ1) is 8.61. The lowest BCUT2D eigenvalue weighted by Crippen LogP contribution is -1.92. The fourth-order valence-electron chi connectivity index (χ4n) is 1.31. The van der Waals surface area contributed by atoms with Crippen molar-refractivity contribution in [2.45, 2.75) is 6.61 Å². The first kappa shape index (κ1) is 13.4. The Balaban J connectivity index is 2.31. The molecule has 1 N–H and O–H groups in total. The summed E-state index contributed by atoms with van der Waals surface area (Å²) < 4.78 is 5.49. The van der Waals surface area contributed by atoms with E-state index in [1.54, 1.807) is 24.3 Å². The molecule has 6 heteroatoms. The van der Waals surface area contributed by atoms with Crippen molar-refractivity contribution in [1.29, 1.82) is 0 Å². The van der Waals surface area contributed by atoms with Crippen molar-refractivity contribution in [3.8, 4) is 11.6 Å². The molecule has 0 aliphatic heterocycles. The zero-order valence-electron chi connectivity index (χ0n) is 9.03. The van der Waals surface area contributed by atoms with Gasteiger partial charge in [0.25, 0.3) is 0 Å². The number of rotatable bonds is 3. The van der Waals surface area contributed by atoms with Crippen LogP contribution in [0, 0.1) is 0 Å². The number of pyridine rings is 1. The van der Waals surface area contributed by atoms with Gasteiger partial charge in [0.1, 0.15) is 10.8 Å². The van der Waals surface area contributed by atoms with E-state index in [9.17, 15) is 0 Å². The molecule has 0 aliphatic carbocycles. The normalized spacial score (nSPS) is 10.4. The van der Waals surface area contributed by atoms with Gasteiger partial charge in [-0.05, 0) is 12.1 Å². The number of ether oxygens (including phenoxy) is 1. The summed E-state index contributed by atoms with van der Waals surface area (Å²) in [5.74, 6) is 0.676. The zero-order chi connectivity index (χ0) is 13.1. The summed E-state index contributed by atoms with van der Waals surface area (Å²) in [7, 11) is 0. The van der Waals surface area contributed by atoms with Crippen LogP contribution < -0.4 is 4.74 Å². The zero-order valence-corrected chi connectivity index (χ0v) is 11.3. The van der Waals surface area contributed by atoms with E-state index in [1.807, 2.05) is 0 Å². The van der Waals surface area contributed by atoms with Crippen molar-refractivity contribution >= 4 is 34.8 Å². The van der Waals surface area contributed by atoms with E-state index in [2.05, 4.69) is 4.98 Å². The molecule has 0 saturated heterocycles. The second-order valence-electron chi connectivity index (χ2n) is 3.43. The number of benzene rings is 1. The molecule has 0 spiro atoms. The number of hydrogen-bond donors (Lipinski definition) is 1. The molecule has 2 aromatic rings. The van der Waals surface area contributed by atoms with E-state index < -0.39 is 0 Å². The molecule has 0 fully saturated rings. The fourth-order valence-corrected chi connectivity index (χ4v) is 1.80. The highest BCUT2D eigenvalue weighted by Crippen LogP contribution is 2.34. The molecule has 0 amide bonds. The summed E-state index contributed by atoms with van der Waals surface area (Å²) in [6.45, 7) is -0.193. The average Bonchev–Trinajstić information content (AvgIpc) is 2.37. The third-order valence-electron chi connectivity index (χ3n) is 2.21. The van der Waals surface area contributed by atoms with Gasteiger partial charge in [-0.1, -0.05) is 40.9 Å². The Morgan fingerprint density at radius 3 is 2.67 bits per heavy atom. The molecule has 94 valence electrons. The van der Waals surface area contributed by atoms with Crippen LogP contribution in [-0.2, 0) is 6.61 Å². The molecule has 1 aromatic heterocycles. The Bertz CT molecular complexity index is 575. The maximum Gasteiger partial charge on any atom is 0.219 e. The molecule has 0 radical (unpaired) electrons. The van der Waals surface area contributed by atoms with Crippen molar-refractivity contribution in [2.75, 3.05) is 0 Å². The van der Waals surface area contributed by atoms with Crippen LogP contribution in [0.5, 0.6) is 11.6 Å². The number of aromatic nitrogens is 1. The number of aliphatic hydroxyl groups excluding tert-OH is 1. The van der Waals surface area contributed by atoms with Crippen LogP contribution in [0.1, 0.15) is 5.56 Å². The summed E-state index contributed by atoms with van der Waals surface area (Å²) >= 11 is 17.7. The Hall–Kier alpha value is -1.000. The van der Waals surface area contributed by atoms with Gasteiger partial charge >= 0.3 is 0 Å². The summed E-state index contributed by atoms with van der Waals surface area (Å²) in [5.41, 5.74) is 0.528. The SMILES string of the molecule is OCc1cc(Oc2cccc(Cl)c2Cl)ncc1Cl. The lowest BCUT2D eigenvalue weighted by atomic mass is 10.3. The molecular formula is C12H8Cl3NO2. The van der Waals surface area contributed by atoms with Crippen molar-refractivity contribution in [1.82, 2.24) is 4.98 Å². The van der Waals surface area contributed by atoms with E-state index >= 15 is 0 Å². The fraction of sp³-hybridized carbons (Fsp3) is 0.0833. The molecule has 0 unspecified atom stereocenters. The maximum absolute atomic E-state index is 9.09. The standard InChI is InChI=1S/C12H8Cl3NO2/c13-8-2-1-3-10(12(8)15)18-11-4-7(6-17)9(14)5-16-11/h1-5,17H,6H2. The molecule has 2 rings (SSSR count). The number of halogens is 3. The quantitative estimate of drug-likeness (QED) is 0.918. The van der Waals surface area contributed by atoms with Crippen molar-refractivity contribution in [3.63, 3.8) is 0 Å². The van der Waals surface area contributed by atoms with Crippen LogP contribution in [0.3, 0.4) is 0 Å². The van der Waals surface area contributed by atoms with E-state index in [0.717, 1.165) is 0 Å². The van der Waals surface area contributed by atoms with E-state index in [-0.39, 0.29) is 12.5 Å². The Kier molecular flexibility index (Phi) is 4.30. The Morgan fingerprint density at radius 1 is 1.17 bits per heavy atom. The Labute approximate surface area is 119 Å². The first-order valence-electron chi connectivity index (χ1n) is 4.99. The molecule has 18 heavy (non-hydrogen) atoms. The van der Waals surface area contributed by atoms with Gasteiger partial charge in [-0.15, -0.1) is 0 Å². The highest BCUT2D eigenvalue weighted by Gasteiger charge is 2.09. The smallest absolute Gasteiger partial charge is 0.219 e. The minimum atomic E-state index is -0.193. The third kappa shape index (κ3) is 2.87. The largest absolute Gasteiger partial charge is 0.437 e. The van der Waals surface area contributed by atoms with Gasteiger partial charge < -0.3 is 9.84 Å². The molecule has 3 nitrogen and oxygen atoms in total. The van der Waals surface area contributed by atoms with Crippen molar-refractivity contribution < 1.29 is 9.84 Å². The topological polar surface area (TPSA) is 42.4 Å². The average molecular weight is 305 g/mol. The highest BCUT2D eigenvalue weighted by atomic mass is 35.5. The molecule has 0 atom stereocenters. The van der Waals surface area contributed by atoms with Gasteiger partial charge in [0.2, 0.25) is 5.88 Å². The maximum atomic E-state index is 9.09. The third-order valence-corrected chi connectivity index (χ3v) is 3.35. The van der Waals surface area contributed by atoms with Gasteiger partial charge in [0, 0.05) is 17.8 Å². The second kappa shape index (κ2) is 5.76. The minimum Gasteiger partial charge on any atom is -0.437 e. The predicted molar refractivity (Wildman–Crippen MR) is 71.7 cm³/mol. The number of hydrogen-bond acceptors (Lipinski definition) is 3. The van der Waals surface area contributed by atoms with E-state index in [0.29, 0.717) is 26.4 Å². The summed E-state index contributed by atoms with van der Waals surface area (Å²) in [6, 6.07) is 6.58. The molecule has 0 aliphatic rings. The van der Waals surface area contributed by atoms with Crippen molar-refractivity contribution in [3.05, 3.63) is 51.1 Å². The Morgan fingerprint density at radius 2 is 1.94 bits per heavy atom. The number of aliphatic hydroxyl groups is 1. The molecule has 1 aromatic carbocycles. The molecule has 0 bridgehead atoms. The van der Waals surface area contributed by atoms with Gasteiger partial charge in [0.05, 0.1) is 16.7 Å². The molecule has 1 heterocycles. The van der Waals surface area contributed by atoms with Crippen LogP contribution in [0.25, 0.3) is 0 Å². The summed E-state index contributed by atoms with van der Waals surface area (Å²) in [5, 5.41) is 10.2. The minimum absolute atomic E-state index is 0.193. The predicted octanol–water partition coefficient (Wildman–Crippen LogP) is 4.33. The van der Waals surface area contributed by atoms with E-state index in [4.69, 9.17) is 44.6 Å². The second-order valence-corrected chi connectivity index (χ2v) is 4.62. The van der Waals surface area contributed by atoms with Gasteiger partial charge in [0.15, 0.2) is 0 Å². The molecular weight excluding hydrogens is 296 g/mol. The van der Waals surface area contributed by atoms with Gasteiger partial charge in [-0.3, -0.25) is 0 Å². The lowest BCUT2D eigenvalue weighted by molar-refractivity contribution is 0.281. The summed E-state index contributed by atoms with van der Waals surface area (Å²) in [6.07, 6.45) is 1.40. The first-order valence-corrected chi connectivity index (χ1v) is 6.12. The van der Waals surface area contributed by atoms with E-state index in [1.165, 1.54) is 6.20 Å². The van der Waals surface area contributed by atoms with Crippen molar-refractivity contribution in [2.24, 2.45) is 0 Å². The van der Waals surface area contributed by atoms with Gasteiger partial charge in [-0.2, -0.15) is 0 Å². The lowest BCUT2D eigenvalue weighted by Gasteiger charge is -2.08. The monoisotopic (exact) mass is 303 g/mol. The van der Waals surface area contributed by atoms with Crippen LogP contribution in [0.2, 0.25) is 15.1 Å². The van der Waals surface area contributed by atoms with Crippen LogP contribution in [-0.4, -0.2) is 10.1 Å². The van der Waals surface area contributed by atoms with Crippen LogP contribution >= 0.6 is 34.8 Å². The highest BCUT2D eigenvalue weighted by molar-refractivity contribution is 6.42. The summed E-state index contributed by atoms with van der Waals surface area (Å²) in [4.78, 5) is 3.99. The van der Waals surface area contributed by atoms with Gasteiger partial charge in [-0.25, -0.2) is 4.98 Å².